The molecule has 2 aromatic rings. The Morgan fingerprint density at radius 1 is 1.34 bits per heavy atom. The molecule has 6 nitrogen and oxygen atoms in total. The number of fused-ring (bicyclic) bond motifs is 5. The molecule has 156 valence electrons. The molecule has 0 spiro atoms. The van der Waals surface area contributed by atoms with Crippen molar-refractivity contribution in [3.05, 3.63) is 41.3 Å². The van der Waals surface area contributed by atoms with Crippen molar-refractivity contribution >= 4 is 17.1 Å². The van der Waals surface area contributed by atoms with Crippen LogP contribution < -0.4 is 4.74 Å². The second-order valence-electron chi connectivity index (χ2n) is 7.85. The maximum absolute atomic E-state index is 8.12. The predicted octanol–water partition coefficient (Wildman–Crippen LogP) is 4.09. The van der Waals surface area contributed by atoms with E-state index in [0.29, 0.717) is 17.9 Å². The average Bonchev–Trinajstić information content (AvgIpc) is 3.12. The SMILES string of the molecule is CC[C@@H]1CN2CCc3c([nH]c4cccc(OC)c34)[C@@H]2C[C@@H]1/C(C)=C/OC.O=C=O. The molecule has 0 radical (unpaired) electrons. The van der Waals surface area contributed by atoms with Gasteiger partial charge in [-0.25, -0.2) is 0 Å². The maximum atomic E-state index is 8.12. The topological polar surface area (TPSA) is 71.6 Å². The number of nitrogens with one attached hydrogen (secondary N) is 1. The van der Waals surface area contributed by atoms with Crippen LogP contribution in [0.25, 0.3) is 10.9 Å². The van der Waals surface area contributed by atoms with Crippen LogP contribution in [0.3, 0.4) is 0 Å². The maximum Gasteiger partial charge on any atom is 0.373 e. The molecule has 3 heterocycles. The fourth-order valence-corrected chi connectivity index (χ4v) is 5.20. The third-order valence-corrected chi connectivity index (χ3v) is 6.49. The Balaban J connectivity index is 0.000000755. The molecule has 1 aromatic heterocycles. The van der Waals surface area contributed by atoms with Crippen molar-refractivity contribution in [2.24, 2.45) is 11.8 Å². The summed E-state index contributed by atoms with van der Waals surface area (Å²) in [6.45, 7) is 6.86. The van der Waals surface area contributed by atoms with Gasteiger partial charge in [-0.3, -0.25) is 4.90 Å². The highest BCUT2D eigenvalue weighted by atomic mass is 16.5. The Morgan fingerprint density at radius 2 is 2.10 bits per heavy atom. The van der Waals surface area contributed by atoms with Gasteiger partial charge in [-0.2, -0.15) is 9.59 Å². The summed E-state index contributed by atoms with van der Waals surface area (Å²) in [6, 6.07) is 6.78. The molecule has 4 rings (SSSR count). The number of piperidine rings is 1. The van der Waals surface area contributed by atoms with Crippen molar-refractivity contribution in [3.63, 3.8) is 0 Å². The van der Waals surface area contributed by atoms with E-state index in [2.05, 4.69) is 41.9 Å². The Morgan fingerprint density at radius 3 is 2.76 bits per heavy atom. The molecule has 3 atom stereocenters. The first-order valence-corrected chi connectivity index (χ1v) is 10.2. The molecular weight excluding hydrogens is 368 g/mol. The van der Waals surface area contributed by atoms with Gasteiger partial charge >= 0.3 is 6.15 Å². The van der Waals surface area contributed by atoms with Gasteiger partial charge in [0.1, 0.15) is 5.75 Å². The highest BCUT2D eigenvalue weighted by molar-refractivity contribution is 5.91. The lowest BCUT2D eigenvalue weighted by atomic mass is 9.74. The average molecular weight is 399 g/mol. The van der Waals surface area contributed by atoms with E-state index in [1.54, 1.807) is 14.2 Å². The first kappa shape index (κ1) is 21.2. The zero-order valence-electron chi connectivity index (χ0n) is 17.7. The smallest absolute Gasteiger partial charge is 0.373 e. The van der Waals surface area contributed by atoms with Gasteiger partial charge in [-0.15, -0.1) is 0 Å². The van der Waals surface area contributed by atoms with E-state index in [4.69, 9.17) is 19.1 Å². The van der Waals surface area contributed by atoms with Gasteiger partial charge in [0, 0.05) is 29.7 Å². The van der Waals surface area contributed by atoms with E-state index in [1.807, 2.05) is 6.26 Å². The van der Waals surface area contributed by atoms with Crippen LogP contribution in [-0.2, 0) is 20.7 Å². The van der Waals surface area contributed by atoms with Crippen LogP contribution in [0, 0.1) is 11.8 Å². The van der Waals surface area contributed by atoms with Gasteiger partial charge in [0.05, 0.1) is 26.5 Å². The minimum absolute atomic E-state index is 0.250. The number of hydrogen-bond donors (Lipinski definition) is 1. The number of aromatic amines is 1. The zero-order chi connectivity index (χ0) is 21.0. The van der Waals surface area contributed by atoms with E-state index < -0.39 is 0 Å². The van der Waals surface area contributed by atoms with Gasteiger partial charge in [-0.1, -0.05) is 19.4 Å². The number of H-pyrrole nitrogens is 1. The molecule has 29 heavy (non-hydrogen) atoms. The van der Waals surface area contributed by atoms with E-state index in [9.17, 15) is 0 Å². The summed E-state index contributed by atoms with van der Waals surface area (Å²) in [5, 5.41) is 1.28. The monoisotopic (exact) mass is 398 g/mol. The number of nitrogens with zero attached hydrogens (tertiary/aromatic N) is 1. The molecule has 0 saturated carbocycles. The first-order chi connectivity index (χ1) is 14.1. The minimum atomic E-state index is 0.250. The fourth-order valence-electron chi connectivity index (χ4n) is 5.20. The van der Waals surface area contributed by atoms with Crippen molar-refractivity contribution in [1.29, 1.82) is 0 Å². The second-order valence-corrected chi connectivity index (χ2v) is 7.85. The van der Waals surface area contributed by atoms with E-state index in [0.717, 1.165) is 25.1 Å². The highest BCUT2D eigenvalue weighted by Crippen LogP contribution is 2.46. The van der Waals surface area contributed by atoms with Crippen molar-refractivity contribution in [2.75, 3.05) is 27.3 Å². The highest BCUT2D eigenvalue weighted by Gasteiger charge is 2.40. The molecule has 1 fully saturated rings. The summed E-state index contributed by atoms with van der Waals surface area (Å²) in [5.41, 5.74) is 5.44. The second kappa shape index (κ2) is 9.29. The van der Waals surface area contributed by atoms with Crippen molar-refractivity contribution < 1.29 is 19.1 Å². The van der Waals surface area contributed by atoms with Crippen LogP contribution in [-0.4, -0.2) is 43.3 Å². The Kier molecular flexibility index (Phi) is 6.78. The van der Waals surface area contributed by atoms with Gasteiger partial charge < -0.3 is 14.5 Å². The van der Waals surface area contributed by atoms with Crippen molar-refractivity contribution in [1.82, 2.24) is 9.88 Å². The van der Waals surface area contributed by atoms with E-state index in [1.165, 1.54) is 40.7 Å². The van der Waals surface area contributed by atoms with Crippen LogP contribution in [0.5, 0.6) is 5.75 Å². The standard InChI is InChI=1S/C22H30N2O2.CO2/c1-5-15-12-24-10-9-16-21-18(7-6-8-20(21)26-4)23-22(16)19(24)11-17(15)14(2)13-25-3;2-1-3/h6-8,13,15,17,19,23H,5,9-12H2,1-4H3;/b14-13+;/t15-,17-,19+;/m1./s1. The van der Waals surface area contributed by atoms with Crippen molar-refractivity contribution in [2.45, 2.75) is 39.2 Å². The Hall–Kier alpha value is -2.56. The molecule has 2 aliphatic rings. The summed E-state index contributed by atoms with van der Waals surface area (Å²) >= 11 is 0. The van der Waals surface area contributed by atoms with Gasteiger partial charge in [-0.05, 0) is 54.9 Å². The molecule has 0 amide bonds. The fraction of sp³-hybridized carbons (Fsp3) is 0.522. The minimum Gasteiger partial charge on any atom is -0.504 e. The number of methoxy groups -OCH3 is 2. The number of benzene rings is 1. The van der Waals surface area contributed by atoms with E-state index >= 15 is 0 Å². The molecule has 0 unspecified atom stereocenters. The summed E-state index contributed by atoms with van der Waals surface area (Å²) in [7, 11) is 3.52. The molecule has 0 aliphatic carbocycles. The van der Waals surface area contributed by atoms with Crippen LogP contribution in [0.2, 0.25) is 0 Å². The molecule has 1 aromatic carbocycles. The lowest BCUT2D eigenvalue weighted by Crippen LogP contribution is -2.46. The van der Waals surface area contributed by atoms with Gasteiger partial charge in [0.2, 0.25) is 0 Å². The van der Waals surface area contributed by atoms with Crippen LogP contribution in [0.4, 0.5) is 0 Å². The van der Waals surface area contributed by atoms with Gasteiger partial charge in [0.15, 0.2) is 0 Å². The summed E-state index contributed by atoms with van der Waals surface area (Å²) < 4.78 is 11.0. The Labute approximate surface area is 171 Å². The number of allylic oxidation sites excluding steroid dienone is 1. The third kappa shape index (κ3) is 3.96. The number of carbonyl (C=O) groups excluding carboxylic acids is 2. The number of rotatable bonds is 4. The molecule has 0 bridgehead atoms. The first-order valence-electron chi connectivity index (χ1n) is 10.2. The molecule has 1 saturated heterocycles. The largest absolute Gasteiger partial charge is 0.504 e. The van der Waals surface area contributed by atoms with Crippen LogP contribution >= 0.6 is 0 Å². The molecule has 2 aliphatic heterocycles. The van der Waals surface area contributed by atoms with Crippen molar-refractivity contribution in [3.8, 4) is 5.75 Å². The molecule has 1 N–H and O–H groups in total. The molecular formula is C23H30N2O4. The number of hydrogen-bond acceptors (Lipinski definition) is 5. The van der Waals surface area contributed by atoms with Gasteiger partial charge in [0.25, 0.3) is 0 Å². The van der Waals surface area contributed by atoms with Crippen LogP contribution in [0.1, 0.15) is 44.0 Å². The summed E-state index contributed by atoms with van der Waals surface area (Å²) in [4.78, 5) is 22.7. The summed E-state index contributed by atoms with van der Waals surface area (Å²) in [6.07, 6.45) is 5.67. The van der Waals surface area contributed by atoms with Crippen LogP contribution in [0.15, 0.2) is 30.0 Å². The lowest BCUT2D eigenvalue weighted by Gasteiger charge is -2.46. The number of ether oxygens (including phenoxy) is 2. The van der Waals surface area contributed by atoms with E-state index in [-0.39, 0.29) is 6.15 Å². The zero-order valence-corrected chi connectivity index (χ0v) is 17.7. The predicted molar refractivity (Wildman–Crippen MR) is 111 cm³/mol. The Bertz CT molecular complexity index is 911. The third-order valence-electron chi connectivity index (χ3n) is 6.49. The summed E-state index contributed by atoms with van der Waals surface area (Å²) in [5.74, 6) is 2.28. The number of aromatic nitrogens is 1. The lowest BCUT2D eigenvalue weighted by molar-refractivity contribution is -0.191. The quantitative estimate of drug-likeness (QED) is 0.786. The molecule has 6 heteroatoms. The normalized spacial score (nSPS) is 24.0.